The Morgan fingerprint density at radius 2 is 1.94 bits per heavy atom. The minimum absolute atomic E-state index is 0.0834. The molecule has 31 heavy (non-hydrogen) atoms. The highest BCUT2D eigenvalue weighted by molar-refractivity contribution is 7.90. The van der Waals surface area contributed by atoms with Crippen molar-refractivity contribution in [2.45, 2.75) is 56.8 Å². The normalized spacial score (nSPS) is 16.5. The van der Waals surface area contributed by atoms with Crippen molar-refractivity contribution >= 4 is 15.9 Å². The van der Waals surface area contributed by atoms with Gasteiger partial charge < -0.3 is 18.9 Å². The molecule has 170 valence electrons. The molecule has 1 aliphatic heterocycles. The van der Waals surface area contributed by atoms with Crippen molar-refractivity contribution < 1.29 is 31.6 Å². The van der Waals surface area contributed by atoms with Crippen molar-refractivity contribution in [3.8, 4) is 11.4 Å². The van der Waals surface area contributed by atoms with Crippen molar-refractivity contribution in [1.82, 2.24) is 15.0 Å². The van der Waals surface area contributed by atoms with E-state index in [4.69, 9.17) is 14.0 Å². The van der Waals surface area contributed by atoms with Crippen LogP contribution in [-0.2, 0) is 19.3 Å². The third-order valence-electron chi connectivity index (χ3n) is 4.81. The number of carbonyl (C=O) groups excluding carboxylic acids is 1. The van der Waals surface area contributed by atoms with Crippen LogP contribution in [0.25, 0.3) is 11.4 Å². The minimum atomic E-state index is -3.66. The molecule has 0 spiro atoms. The van der Waals surface area contributed by atoms with E-state index in [9.17, 15) is 17.6 Å². The van der Waals surface area contributed by atoms with Crippen molar-refractivity contribution in [3.63, 3.8) is 0 Å². The number of benzene rings is 1. The number of aromatic nitrogens is 2. The second kappa shape index (κ2) is 9.31. The minimum Gasteiger partial charge on any atom is -0.447 e. The number of rotatable bonds is 6. The second-order valence-corrected chi connectivity index (χ2v) is 9.75. The van der Waals surface area contributed by atoms with E-state index < -0.39 is 21.8 Å². The zero-order valence-electron chi connectivity index (χ0n) is 17.9. The lowest BCUT2D eigenvalue weighted by Gasteiger charge is -2.32. The van der Waals surface area contributed by atoms with Gasteiger partial charge in [0.05, 0.1) is 12.2 Å². The molecule has 1 saturated heterocycles. The maximum Gasteiger partial charge on any atom is 0.410 e. The summed E-state index contributed by atoms with van der Waals surface area (Å²) in [5.74, 6) is -0.515. The van der Waals surface area contributed by atoms with Gasteiger partial charge in [0.15, 0.2) is 9.84 Å². The number of halogens is 1. The van der Waals surface area contributed by atoms with Gasteiger partial charge in [0.2, 0.25) is 5.82 Å². The fraction of sp³-hybridized carbons (Fsp3) is 0.550. The van der Waals surface area contributed by atoms with E-state index in [0.29, 0.717) is 31.5 Å². The lowest BCUT2D eigenvalue weighted by Crippen LogP contribution is -2.42. The van der Waals surface area contributed by atoms with Crippen LogP contribution < -0.4 is 0 Å². The molecule has 0 radical (unpaired) electrons. The van der Waals surface area contributed by atoms with Crippen LogP contribution >= 0.6 is 0 Å². The predicted octanol–water partition coefficient (Wildman–Crippen LogP) is 3.37. The second-order valence-electron chi connectivity index (χ2n) is 7.77. The van der Waals surface area contributed by atoms with Crippen molar-refractivity contribution in [1.29, 1.82) is 0 Å². The molecule has 1 aromatic carbocycles. The molecule has 1 unspecified atom stereocenters. The molecule has 0 bridgehead atoms. The number of ether oxygens (including phenoxy) is 2. The number of amides is 1. The van der Waals surface area contributed by atoms with Gasteiger partial charge in [-0.05, 0) is 51.8 Å². The number of sulfone groups is 1. The van der Waals surface area contributed by atoms with E-state index in [1.807, 2.05) is 13.8 Å². The smallest absolute Gasteiger partial charge is 0.410 e. The zero-order chi connectivity index (χ0) is 22.8. The fourth-order valence-corrected chi connectivity index (χ4v) is 3.98. The summed E-state index contributed by atoms with van der Waals surface area (Å²) in [6.45, 7) is 6.45. The Kier molecular flexibility index (Phi) is 6.95. The van der Waals surface area contributed by atoms with E-state index in [2.05, 4.69) is 10.1 Å². The van der Waals surface area contributed by atoms with E-state index in [0.717, 1.165) is 12.3 Å². The molecular weight excluding hydrogens is 429 g/mol. The van der Waals surface area contributed by atoms with Crippen LogP contribution in [0.4, 0.5) is 9.18 Å². The highest BCUT2D eigenvalue weighted by atomic mass is 32.2. The SMILES string of the molecule is CC(C)OC(=O)N1CCC(OC(C)c2nc(-c3ccc(S(C)(=O)=O)c(F)c3)no2)CC1. The van der Waals surface area contributed by atoms with E-state index in [-0.39, 0.29) is 34.9 Å². The maximum atomic E-state index is 14.1. The first kappa shape index (κ1) is 23.1. The molecule has 1 aliphatic rings. The van der Waals surface area contributed by atoms with Crippen molar-refractivity contribution in [2.24, 2.45) is 0 Å². The van der Waals surface area contributed by atoms with Crippen LogP contribution in [0.15, 0.2) is 27.6 Å². The van der Waals surface area contributed by atoms with Crippen LogP contribution in [-0.4, -0.2) is 61.1 Å². The summed E-state index contributed by atoms with van der Waals surface area (Å²) in [6, 6.07) is 3.65. The molecule has 1 atom stereocenters. The molecule has 0 saturated carbocycles. The summed E-state index contributed by atoms with van der Waals surface area (Å²) < 4.78 is 53.7. The number of likely N-dealkylation sites (tertiary alicyclic amines) is 1. The first-order valence-electron chi connectivity index (χ1n) is 9.99. The molecule has 0 N–H and O–H groups in total. The molecule has 1 aromatic heterocycles. The third kappa shape index (κ3) is 5.79. The Balaban J connectivity index is 1.59. The zero-order valence-corrected chi connectivity index (χ0v) is 18.7. The summed E-state index contributed by atoms with van der Waals surface area (Å²) in [5.41, 5.74) is 0.295. The van der Waals surface area contributed by atoms with Gasteiger partial charge in [-0.2, -0.15) is 4.98 Å². The standard InChI is InChI=1S/C20H26FN3O6S/c1-12(2)28-20(25)24-9-7-15(8-10-24)29-13(3)19-22-18(23-30-19)14-5-6-17(16(21)11-14)31(4,26)27/h5-6,11-13,15H,7-10H2,1-4H3. The summed E-state index contributed by atoms with van der Waals surface area (Å²) >= 11 is 0. The highest BCUT2D eigenvalue weighted by Crippen LogP contribution is 2.26. The quantitative estimate of drug-likeness (QED) is 0.652. The topological polar surface area (TPSA) is 112 Å². The van der Waals surface area contributed by atoms with Gasteiger partial charge in [0.1, 0.15) is 16.8 Å². The van der Waals surface area contributed by atoms with E-state index >= 15 is 0 Å². The number of carbonyl (C=O) groups is 1. The summed E-state index contributed by atoms with van der Waals surface area (Å²) in [4.78, 5) is 17.5. The molecule has 3 rings (SSSR count). The Labute approximate surface area is 180 Å². The van der Waals surface area contributed by atoms with Gasteiger partial charge in [0.25, 0.3) is 5.89 Å². The van der Waals surface area contributed by atoms with Crippen LogP contribution in [0.3, 0.4) is 0 Å². The predicted molar refractivity (Wildman–Crippen MR) is 109 cm³/mol. The van der Waals surface area contributed by atoms with Gasteiger partial charge in [-0.1, -0.05) is 5.16 Å². The maximum absolute atomic E-state index is 14.1. The molecule has 2 aromatic rings. The molecule has 9 nitrogen and oxygen atoms in total. The van der Waals surface area contributed by atoms with Crippen LogP contribution in [0.2, 0.25) is 0 Å². The van der Waals surface area contributed by atoms with Crippen molar-refractivity contribution in [2.75, 3.05) is 19.3 Å². The Hall–Kier alpha value is -2.53. The lowest BCUT2D eigenvalue weighted by atomic mass is 10.1. The number of piperidine rings is 1. The first-order valence-corrected chi connectivity index (χ1v) is 11.9. The highest BCUT2D eigenvalue weighted by Gasteiger charge is 2.27. The number of hydrogen-bond acceptors (Lipinski definition) is 8. The Morgan fingerprint density at radius 1 is 1.26 bits per heavy atom. The molecular formula is C20H26FN3O6S. The largest absolute Gasteiger partial charge is 0.447 e. The molecule has 11 heteroatoms. The molecule has 1 amide bonds. The average Bonchev–Trinajstić information content (AvgIpc) is 3.17. The van der Waals surface area contributed by atoms with Gasteiger partial charge in [-0.3, -0.25) is 0 Å². The van der Waals surface area contributed by atoms with Gasteiger partial charge in [0, 0.05) is 24.9 Å². The monoisotopic (exact) mass is 455 g/mol. The van der Waals surface area contributed by atoms with E-state index in [1.165, 1.54) is 12.1 Å². The number of hydrogen-bond donors (Lipinski definition) is 0. The van der Waals surface area contributed by atoms with Crippen LogP contribution in [0, 0.1) is 5.82 Å². The van der Waals surface area contributed by atoms with Gasteiger partial charge in [-0.25, -0.2) is 17.6 Å². The first-order chi connectivity index (χ1) is 14.5. The molecule has 0 aliphatic carbocycles. The Bertz CT molecular complexity index is 1030. The summed E-state index contributed by atoms with van der Waals surface area (Å²) in [7, 11) is -3.66. The lowest BCUT2D eigenvalue weighted by molar-refractivity contribution is -0.0475. The van der Waals surface area contributed by atoms with E-state index in [1.54, 1.807) is 11.8 Å². The summed E-state index contributed by atoms with van der Waals surface area (Å²) in [6.07, 6.45) is 1.17. The third-order valence-corrected chi connectivity index (χ3v) is 5.94. The van der Waals surface area contributed by atoms with Gasteiger partial charge >= 0.3 is 6.09 Å². The van der Waals surface area contributed by atoms with Gasteiger partial charge in [-0.15, -0.1) is 0 Å². The fourth-order valence-electron chi connectivity index (χ4n) is 3.26. The molecule has 2 heterocycles. The number of nitrogens with zero attached hydrogens (tertiary/aromatic N) is 3. The Morgan fingerprint density at radius 3 is 2.52 bits per heavy atom. The van der Waals surface area contributed by atoms with Crippen molar-refractivity contribution in [3.05, 3.63) is 29.9 Å². The summed E-state index contributed by atoms with van der Waals surface area (Å²) in [5, 5.41) is 3.84. The van der Waals surface area contributed by atoms with Crippen LogP contribution in [0.1, 0.15) is 45.6 Å². The average molecular weight is 456 g/mol. The van der Waals surface area contributed by atoms with Crippen LogP contribution in [0.5, 0.6) is 0 Å². The molecule has 1 fully saturated rings.